The number of hydrogen-bond acceptors (Lipinski definition) is 3. The number of likely N-dealkylation sites (tertiary alicyclic amines) is 1. The number of halogens is 2. The highest BCUT2D eigenvalue weighted by Crippen LogP contribution is 2.28. The number of benzene rings is 1. The van der Waals surface area contributed by atoms with Crippen LogP contribution >= 0.6 is 0 Å². The summed E-state index contributed by atoms with van der Waals surface area (Å²) >= 11 is 0. The van der Waals surface area contributed by atoms with E-state index < -0.39 is 6.61 Å². The standard InChI is InChI=1S/C16H21F2NO3/c1-10-6-13(7-11(2)14(10)22-16(17)18)15(21)19-5-3-4-12(8-19)9-20/h6-7,12,16,20H,3-5,8-9H2,1-2H3. The van der Waals surface area contributed by atoms with E-state index in [9.17, 15) is 18.7 Å². The summed E-state index contributed by atoms with van der Waals surface area (Å²) < 4.78 is 29.3. The van der Waals surface area contributed by atoms with Gasteiger partial charge in [0.25, 0.3) is 5.91 Å². The van der Waals surface area contributed by atoms with Gasteiger partial charge in [0, 0.05) is 25.3 Å². The molecule has 1 aromatic rings. The minimum absolute atomic E-state index is 0.0724. The lowest BCUT2D eigenvalue weighted by Crippen LogP contribution is -2.41. The average molecular weight is 313 g/mol. The molecule has 1 aromatic carbocycles. The van der Waals surface area contributed by atoms with E-state index in [1.54, 1.807) is 30.9 Å². The molecule has 1 aliphatic rings. The number of rotatable bonds is 4. The molecule has 1 unspecified atom stereocenters. The number of alkyl halides is 2. The van der Waals surface area contributed by atoms with E-state index >= 15 is 0 Å². The van der Waals surface area contributed by atoms with Crippen molar-refractivity contribution in [3.8, 4) is 5.75 Å². The number of amides is 1. The number of hydrogen-bond donors (Lipinski definition) is 1. The van der Waals surface area contributed by atoms with Crippen molar-refractivity contribution in [2.45, 2.75) is 33.3 Å². The number of carbonyl (C=O) groups is 1. The first-order valence-corrected chi connectivity index (χ1v) is 7.38. The first kappa shape index (κ1) is 16.7. The smallest absolute Gasteiger partial charge is 0.387 e. The lowest BCUT2D eigenvalue weighted by molar-refractivity contribution is -0.0507. The number of aliphatic hydroxyl groups is 1. The molecule has 0 spiro atoms. The fraction of sp³-hybridized carbons (Fsp3) is 0.562. The summed E-state index contributed by atoms with van der Waals surface area (Å²) in [4.78, 5) is 14.3. The third-order valence-electron chi connectivity index (χ3n) is 3.98. The molecular weight excluding hydrogens is 292 g/mol. The molecule has 22 heavy (non-hydrogen) atoms. The van der Waals surface area contributed by atoms with Crippen LogP contribution in [0.25, 0.3) is 0 Å². The molecule has 1 amide bonds. The number of ether oxygens (including phenoxy) is 1. The van der Waals surface area contributed by atoms with Gasteiger partial charge in [-0.15, -0.1) is 0 Å². The molecule has 0 bridgehead atoms. The van der Waals surface area contributed by atoms with Gasteiger partial charge in [-0.25, -0.2) is 0 Å². The van der Waals surface area contributed by atoms with Gasteiger partial charge in [-0.3, -0.25) is 4.79 Å². The number of carbonyl (C=O) groups excluding carboxylic acids is 1. The van der Waals surface area contributed by atoms with Gasteiger partial charge in [0.15, 0.2) is 0 Å². The molecule has 2 rings (SSSR count). The first-order chi connectivity index (χ1) is 10.4. The second-order valence-corrected chi connectivity index (χ2v) is 5.76. The fourth-order valence-corrected chi connectivity index (χ4v) is 2.93. The van der Waals surface area contributed by atoms with E-state index in [1.807, 2.05) is 0 Å². The monoisotopic (exact) mass is 313 g/mol. The van der Waals surface area contributed by atoms with E-state index in [4.69, 9.17) is 0 Å². The van der Waals surface area contributed by atoms with Gasteiger partial charge in [-0.1, -0.05) is 0 Å². The Balaban J connectivity index is 2.20. The SMILES string of the molecule is Cc1cc(C(=O)N2CCCC(CO)C2)cc(C)c1OC(F)F. The zero-order valence-corrected chi connectivity index (χ0v) is 12.8. The number of piperidine rings is 1. The molecule has 1 atom stereocenters. The van der Waals surface area contributed by atoms with Crippen LogP contribution in [0.3, 0.4) is 0 Å². The quantitative estimate of drug-likeness (QED) is 0.930. The van der Waals surface area contributed by atoms with Crippen LogP contribution in [0.15, 0.2) is 12.1 Å². The molecule has 1 fully saturated rings. The highest BCUT2D eigenvalue weighted by Gasteiger charge is 2.25. The van der Waals surface area contributed by atoms with E-state index in [0.717, 1.165) is 12.8 Å². The summed E-state index contributed by atoms with van der Waals surface area (Å²) in [6.07, 6.45) is 1.78. The summed E-state index contributed by atoms with van der Waals surface area (Å²) in [5.41, 5.74) is 1.49. The van der Waals surface area contributed by atoms with Crippen LogP contribution in [0.5, 0.6) is 5.75 Å². The van der Waals surface area contributed by atoms with Crippen LogP contribution in [0, 0.1) is 19.8 Å². The molecule has 6 heteroatoms. The van der Waals surface area contributed by atoms with E-state index in [2.05, 4.69) is 4.74 Å². The van der Waals surface area contributed by atoms with Crippen molar-refractivity contribution in [3.05, 3.63) is 28.8 Å². The summed E-state index contributed by atoms with van der Waals surface area (Å²) in [5.74, 6) is 0.104. The molecule has 122 valence electrons. The van der Waals surface area contributed by atoms with Gasteiger partial charge in [0.05, 0.1) is 0 Å². The molecule has 0 aliphatic carbocycles. The van der Waals surface area contributed by atoms with Gasteiger partial charge in [-0.05, 0) is 55.9 Å². The van der Waals surface area contributed by atoms with Crippen molar-refractivity contribution < 1.29 is 23.4 Å². The first-order valence-electron chi connectivity index (χ1n) is 7.38. The van der Waals surface area contributed by atoms with Crippen molar-refractivity contribution in [1.82, 2.24) is 4.90 Å². The Labute approximate surface area is 128 Å². The second kappa shape index (κ2) is 7.05. The Bertz CT molecular complexity index is 525. The molecule has 1 N–H and O–H groups in total. The number of aryl methyl sites for hydroxylation is 2. The van der Waals surface area contributed by atoms with Crippen molar-refractivity contribution >= 4 is 5.91 Å². The highest BCUT2D eigenvalue weighted by atomic mass is 19.3. The Morgan fingerprint density at radius 1 is 1.41 bits per heavy atom. The van der Waals surface area contributed by atoms with Crippen molar-refractivity contribution in [2.24, 2.45) is 5.92 Å². The summed E-state index contributed by atoms with van der Waals surface area (Å²) in [7, 11) is 0. The zero-order valence-electron chi connectivity index (χ0n) is 12.8. The Morgan fingerprint density at radius 3 is 2.59 bits per heavy atom. The summed E-state index contributed by atoms with van der Waals surface area (Å²) in [6, 6.07) is 3.16. The molecule has 4 nitrogen and oxygen atoms in total. The molecule has 1 saturated heterocycles. The van der Waals surface area contributed by atoms with Gasteiger partial charge in [0.1, 0.15) is 5.75 Å². The normalized spacial score (nSPS) is 18.6. The number of nitrogens with zero attached hydrogens (tertiary/aromatic N) is 1. The lowest BCUT2D eigenvalue weighted by atomic mass is 9.97. The van der Waals surface area contributed by atoms with Crippen LogP contribution in [0.2, 0.25) is 0 Å². The second-order valence-electron chi connectivity index (χ2n) is 5.76. The van der Waals surface area contributed by atoms with Gasteiger partial charge >= 0.3 is 6.61 Å². The summed E-state index contributed by atoms with van der Waals surface area (Å²) in [6.45, 7) is 1.67. The van der Waals surface area contributed by atoms with E-state index in [0.29, 0.717) is 29.8 Å². The molecule has 1 aliphatic heterocycles. The van der Waals surface area contributed by atoms with Crippen LogP contribution in [0.4, 0.5) is 8.78 Å². The Kier molecular flexibility index (Phi) is 5.34. The third-order valence-corrected chi connectivity index (χ3v) is 3.98. The zero-order chi connectivity index (χ0) is 16.3. The maximum Gasteiger partial charge on any atom is 0.387 e. The number of aliphatic hydroxyl groups excluding tert-OH is 1. The maximum absolute atomic E-state index is 12.6. The molecular formula is C16H21F2NO3. The third kappa shape index (κ3) is 3.74. The van der Waals surface area contributed by atoms with Gasteiger partial charge in [-0.2, -0.15) is 8.78 Å². The lowest BCUT2D eigenvalue weighted by Gasteiger charge is -2.32. The molecule has 1 heterocycles. The maximum atomic E-state index is 12.6. The minimum atomic E-state index is -2.88. The molecule has 0 radical (unpaired) electrons. The average Bonchev–Trinajstić information content (AvgIpc) is 2.49. The topological polar surface area (TPSA) is 49.8 Å². The van der Waals surface area contributed by atoms with Crippen LogP contribution < -0.4 is 4.74 Å². The highest BCUT2D eigenvalue weighted by molar-refractivity contribution is 5.95. The van der Waals surface area contributed by atoms with Crippen molar-refractivity contribution in [2.75, 3.05) is 19.7 Å². The van der Waals surface area contributed by atoms with Crippen molar-refractivity contribution in [1.29, 1.82) is 0 Å². The van der Waals surface area contributed by atoms with E-state index in [-0.39, 0.29) is 24.2 Å². The predicted octanol–water partition coefficient (Wildman–Crippen LogP) is 2.75. The predicted molar refractivity (Wildman–Crippen MR) is 78.3 cm³/mol. The van der Waals surface area contributed by atoms with Crippen LogP contribution in [-0.4, -0.2) is 42.2 Å². The van der Waals surface area contributed by atoms with Gasteiger partial charge < -0.3 is 14.7 Å². The van der Waals surface area contributed by atoms with Gasteiger partial charge in [0.2, 0.25) is 0 Å². The largest absolute Gasteiger partial charge is 0.434 e. The minimum Gasteiger partial charge on any atom is -0.434 e. The van der Waals surface area contributed by atoms with E-state index in [1.165, 1.54) is 0 Å². The Morgan fingerprint density at radius 2 is 2.05 bits per heavy atom. The van der Waals surface area contributed by atoms with Crippen LogP contribution in [0.1, 0.15) is 34.3 Å². The molecule has 0 aromatic heterocycles. The fourth-order valence-electron chi connectivity index (χ4n) is 2.93. The Hall–Kier alpha value is -1.69. The summed E-state index contributed by atoms with van der Waals surface area (Å²) in [5, 5.41) is 9.24. The van der Waals surface area contributed by atoms with Crippen molar-refractivity contribution in [3.63, 3.8) is 0 Å². The van der Waals surface area contributed by atoms with Crippen LogP contribution in [-0.2, 0) is 0 Å². The molecule has 0 saturated carbocycles.